The van der Waals surface area contributed by atoms with E-state index >= 15 is 4.79 Å². The van der Waals surface area contributed by atoms with Crippen molar-refractivity contribution in [1.29, 1.82) is 0 Å². The predicted molar refractivity (Wildman–Crippen MR) is 382 cm³/mol. The van der Waals surface area contributed by atoms with Crippen molar-refractivity contribution < 1.29 is 182 Å². The fraction of sp³-hybridized carbons (Fsp3) is 0.831. The summed E-state index contributed by atoms with van der Waals surface area (Å²) in [5.74, 6) is -4.41. The lowest BCUT2D eigenvalue weighted by molar-refractivity contribution is -0.392. The second kappa shape index (κ2) is 34.1. The van der Waals surface area contributed by atoms with E-state index in [0.29, 0.717) is 24.8 Å². The van der Waals surface area contributed by atoms with E-state index in [9.17, 15) is 102 Å². The number of aliphatic hydroxyl groups excluding tert-OH is 17. The highest BCUT2D eigenvalue weighted by atomic mass is 16.8. The first-order chi connectivity index (χ1) is 53.7. The van der Waals surface area contributed by atoms with Crippen molar-refractivity contribution in [3.8, 4) is 17.2 Å². The third kappa shape index (κ3) is 15.5. The smallest absolute Gasteiger partial charge is 0.331 e. The number of fused-ring (bicyclic) bond motifs is 7. The monoisotopic (exact) mass is 1630 g/mol. The van der Waals surface area contributed by atoms with E-state index in [0.717, 1.165) is 11.6 Å². The Balaban J connectivity index is 0.869. The molecule has 0 amide bonds. The summed E-state index contributed by atoms with van der Waals surface area (Å²) in [6.45, 7) is 11.1. The van der Waals surface area contributed by atoms with Crippen molar-refractivity contribution in [2.75, 3.05) is 47.8 Å². The number of methoxy groups -OCH3 is 3. The number of ether oxygens (including phenoxy) is 16. The molecule has 37 heteroatoms. The molecule has 0 bridgehead atoms. The van der Waals surface area contributed by atoms with E-state index in [1.165, 1.54) is 55.1 Å². The van der Waals surface area contributed by atoms with Gasteiger partial charge in [0.2, 0.25) is 12.0 Å². The van der Waals surface area contributed by atoms with Crippen molar-refractivity contribution in [1.82, 2.24) is 0 Å². The van der Waals surface area contributed by atoms with Crippen LogP contribution in [0.25, 0.3) is 6.08 Å². The standard InChI is InChI=1S/C77H116O37/c1-30-45(83)49(87)54(92)65(103-30)111-61-59(109-44(82)15-12-33-22-37(99-9)60(101-11)38(23-33)100-10)32(3)105-69(62(61)112-66-57(95)52(90)58(31(2)104-66)110-64-53(91)48(86)41(28-102-64)108-67-55(93)50(88)46(84)39(26-78)106-67)114-71(98)76-19-18-72(4,5)24-35(76)34-13-14-42-73(6)25-36(81)63(113-68-56(94)51(89)47(85)40(27-79)107-68)75(8,70(96)97)43(73)16-17-74(42,7)77(34,29-80)21-20-76/h12-13,15,22-23,30-32,35-36,39-43,45-59,61-69,78-81,83-95H,14,16-21,24-29H2,1-11H3,(H,96,97). The van der Waals surface area contributed by atoms with Crippen LogP contribution in [0.15, 0.2) is 29.9 Å². The molecule has 6 aliphatic heterocycles. The van der Waals surface area contributed by atoms with Gasteiger partial charge in [0.05, 0.1) is 83.0 Å². The number of esters is 2. The van der Waals surface area contributed by atoms with Crippen LogP contribution in [0.5, 0.6) is 17.2 Å². The zero-order valence-corrected chi connectivity index (χ0v) is 65.5. The Labute approximate surface area is 657 Å². The molecule has 5 aliphatic carbocycles. The lowest BCUT2D eigenvalue weighted by Gasteiger charge is -2.71. The topological polar surface area (TPSA) is 563 Å². The van der Waals surface area contributed by atoms with Gasteiger partial charge in [-0.1, -0.05) is 39.3 Å². The van der Waals surface area contributed by atoms with Crippen molar-refractivity contribution in [3.05, 3.63) is 35.4 Å². The van der Waals surface area contributed by atoms with Crippen LogP contribution in [-0.2, 0) is 76.0 Å². The number of hydrogen-bond donors (Lipinski definition) is 18. The summed E-state index contributed by atoms with van der Waals surface area (Å²) in [6.07, 6.45) is -48.4. The first-order valence-electron chi connectivity index (χ1n) is 39.1. The normalized spacial score (nSPS) is 48.8. The van der Waals surface area contributed by atoms with Crippen LogP contribution in [0.3, 0.4) is 0 Å². The van der Waals surface area contributed by atoms with E-state index < -0.39 is 285 Å². The molecule has 39 atom stereocenters. The molecule has 11 aliphatic rings. The average Bonchev–Trinajstić information content (AvgIpc) is 0.668. The second-order valence-electron chi connectivity index (χ2n) is 34.4. The number of aliphatic carboxylic acids is 1. The Hall–Kier alpha value is -4.61. The highest BCUT2D eigenvalue weighted by Crippen LogP contribution is 2.76. The summed E-state index contributed by atoms with van der Waals surface area (Å²) in [5.41, 5.74) is -5.68. The molecule has 0 spiro atoms. The highest BCUT2D eigenvalue weighted by molar-refractivity contribution is 5.87. The maximum Gasteiger partial charge on any atom is 0.331 e. The Morgan fingerprint density at radius 3 is 1.62 bits per heavy atom. The fourth-order valence-electron chi connectivity index (χ4n) is 20.9. The predicted octanol–water partition coefficient (Wildman–Crippen LogP) is -3.37. The van der Waals surface area contributed by atoms with Gasteiger partial charge in [-0.15, -0.1) is 0 Å². The lowest BCUT2D eigenvalue weighted by Crippen LogP contribution is -2.71. The van der Waals surface area contributed by atoms with Crippen LogP contribution in [0, 0.1) is 50.2 Å². The third-order valence-electron chi connectivity index (χ3n) is 27.5. The van der Waals surface area contributed by atoms with Gasteiger partial charge in [-0.3, -0.25) is 9.59 Å². The van der Waals surface area contributed by atoms with Gasteiger partial charge < -0.3 is 168 Å². The molecule has 10 fully saturated rings. The minimum Gasteiger partial charge on any atom is -0.493 e. The number of carbonyl (C=O) groups excluding carboxylic acids is 2. The second-order valence-corrected chi connectivity index (χ2v) is 34.4. The molecule has 1 aromatic rings. The molecule has 12 rings (SSSR count). The fourth-order valence-corrected chi connectivity index (χ4v) is 20.9. The van der Waals surface area contributed by atoms with E-state index in [2.05, 4.69) is 20.8 Å². The van der Waals surface area contributed by atoms with Crippen LogP contribution < -0.4 is 14.2 Å². The van der Waals surface area contributed by atoms with Crippen molar-refractivity contribution in [2.45, 2.75) is 304 Å². The minimum atomic E-state index is -2.21. The number of rotatable bonds is 22. The number of hydrogen-bond acceptors (Lipinski definition) is 36. The number of aliphatic hydroxyl groups is 17. The van der Waals surface area contributed by atoms with E-state index in [4.69, 9.17) is 75.8 Å². The van der Waals surface area contributed by atoms with Gasteiger partial charge in [0.1, 0.15) is 116 Å². The Morgan fingerprint density at radius 2 is 1.04 bits per heavy atom. The molecular formula is C77H116O37. The number of carboxylic acid groups (broad SMARTS) is 1. The van der Waals surface area contributed by atoms with Gasteiger partial charge in [-0.2, -0.15) is 0 Å². The third-order valence-corrected chi connectivity index (χ3v) is 27.5. The molecule has 6 saturated heterocycles. The van der Waals surface area contributed by atoms with Crippen LogP contribution >= 0.6 is 0 Å². The van der Waals surface area contributed by atoms with Gasteiger partial charge in [0.15, 0.2) is 55.2 Å². The first kappa shape index (κ1) is 88.7. The summed E-state index contributed by atoms with van der Waals surface area (Å²) in [7, 11) is 4.19. The average molecular weight is 1630 g/mol. The molecule has 114 heavy (non-hydrogen) atoms. The number of carboxylic acids is 1. The van der Waals surface area contributed by atoms with Gasteiger partial charge in [-0.25, -0.2) is 4.79 Å². The zero-order chi connectivity index (χ0) is 83.3. The van der Waals surface area contributed by atoms with Crippen LogP contribution in [-0.4, -0.2) is 348 Å². The molecule has 0 radical (unpaired) electrons. The molecule has 6 heterocycles. The van der Waals surface area contributed by atoms with E-state index in [1.807, 2.05) is 13.0 Å². The Bertz CT molecular complexity index is 3560. The first-order valence-corrected chi connectivity index (χ1v) is 39.1. The van der Waals surface area contributed by atoms with E-state index in [-0.39, 0.29) is 55.8 Å². The molecule has 4 saturated carbocycles. The van der Waals surface area contributed by atoms with Crippen molar-refractivity contribution in [2.24, 2.45) is 50.2 Å². The molecule has 646 valence electrons. The maximum absolute atomic E-state index is 16.5. The summed E-state index contributed by atoms with van der Waals surface area (Å²) >= 11 is 0. The highest BCUT2D eigenvalue weighted by Gasteiger charge is 2.74. The van der Waals surface area contributed by atoms with Gasteiger partial charge in [-0.05, 0) is 143 Å². The molecule has 37 nitrogen and oxygen atoms in total. The number of allylic oxidation sites excluding steroid dienone is 1. The van der Waals surface area contributed by atoms with Crippen LogP contribution in [0.1, 0.15) is 119 Å². The van der Waals surface area contributed by atoms with Gasteiger partial charge in [0, 0.05) is 11.5 Å². The Morgan fingerprint density at radius 1 is 0.518 bits per heavy atom. The van der Waals surface area contributed by atoms with Crippen LogP contribution in [0.2, 0.25) is 0 Å². The zero-order valence-electron chi connectivity index (χ0n) is 65.5. The molecule has 39 unspecified atom stereocenters. The van der Waals surface area contributed by atoms with Gasteiger partial charge >= 0.3 is 17.9 Å². The van der Waals surface area contributed by atoms with Crippen molar-refractivity contribution >= 4 is 24.0 Å². The van der Waals surface area contributed by atoms with Crippen LogP contribution in [0.4, 0.5) is 0 Å². The SMILES string of the molecule is COc1cc(C=CC(=O)OC2C(C)OC(OC(=O)C34CCC(C)(C)CC3C3=CCC5C6(C)CC(O)C(OC7OC(CO)C(O)C(O)C7O)C(C)(C(=O)O)C6CCC5(C)C3(CO)CC4)C(OC3OC(C)C(OC4OCC(OC5OC(CO)C(O)C(O)C5O)C(O)C4O)C(O)C3O)C2OC2OC(C)C(O)C(O)C2O)cc(OC)c1OC. The summed E-state index contributed by atoms with van der Waals surface area (Å²) in [6, 6.07) is 3.08. The lowest BCUT2D eigenvalue weighted by atomic mass is 9.33. The van der Waals surface area contributed by atoms with Gasteiger partial charge in [0.25, 0.3) is 0 Å². The summed E-state index contributed by atoms with van der Waals surface area (Å²) in [5, 5.41) is 201. The maximum atomic E-state index is 16.5. The largest absolute Gasteiger partial charge is 0.493 e. The number of carbonyl (C=O) groups is 3. The molecule has 1 aromatic carbocycles. The molecule has 0 aromatic heterocycles. The Kier molecular flexibility index (Phi) is 26.5. The quantitative estimate of drug-likeness (QED) is 0.0233. The molecule has 18 N–H and O–H groups in total. The van der Waals surface area contributed by atoms with Crippen molar-refractivity contribution in [3.63, 3.8) is 0 Å². The summed E-state index contributed by atoms with van der Waals surface area (Å²) < 4.78 is 96.8. The number of benzene rings is 1. The molecular weight excluding hydrogens is 1520 g/mol. The minimum absolute atomic E-state index is 0.0367. The van der Waals surface area contributed by atoms with E-state index in [1.54, 1.807) is 12.1 Å². The summed E-state index contributed by atoms with van der Waals surface area (Å²) in [4.78, 5) is 45.0.